The molecule has 0 bridgehead atoms. The van der Waals surface area contributed by atoms with E-state index < -0.39 is 6.09 Å². The molecule has 1 aromatic heterocycles. The predicted molar refractivity (Wildman–Crippen MR) is 68.6 cm³/mol. The van der Waals surface area contributed by atoms with Gasteiger partial charge in [-0.15, -0.1) is 0 Å². The normalized spacial score (nSPS) is 16.8. The topological polar surface area (TPSA) is 68.2 Å². The van der Waals surface area contributed by atoms with Crippen molar-refractivity contribution in [3.05, 3.63) is 12.4 Å². The van der Waals surface area contributed by atoms with Gasteiger partial charge in [-0.05, 0) is 39.8 Å². The van der Waals surface area contributed by atoms with E-state index in [1.807, 2.05) is 24.7 Å². The highest BCUT2D eigenvalue weighted by Crippen LogP contribution is 2.19. The van der Waals surface area contributed by atoms with Crippen LogP contribution in [0.4, 0.5) is 10.5 Å². The molecule has 1 fully saturated rings. The van der Waals surface area contributed by atoms with Crippen LogP contribution >= 0.6 is 0 Å². The molecular weight excluding hydrogens is 232 g/mol. The van der Waals surface area contributed by atoms with Crippen molar-refractivity contribution in [2.45, 2.75) is 38.8 Å². The van der Waals surface area contributed by atoms with E-state index in [1.165, 1.54) is 0 Å². The number of hydrogen-bond donors (Lipinski definition) is 2. The van der Waals surface area contributed by atoms with Crippen LogP contribution in [0, 0.1) is 0 Å². The summed E-state index contributed by atoms with van der Waals surface area (Å²) in [4.78, 5) is 11.4. The van der Waals surface area contributed by atoms with E-state index >= 15 is 0 Å². The highest BCUT2D eigenvalue weighted by Gasteiger charge is 2.16. The second-order valence-corrected chi connectivity index (χ2v) is 4.77. The van der Waals surface area contributed by atoms with Crippen LogP contribution in [0.2, 0.25) is 0 Å². The average Bonchev–Trinajstić information content (AvgIpc) is 2.77. The Morgan fingerprint density at radius 3 is 2.94 bits per heavy atom. The summed E-state index contributed by atoms with van der Waals surface area (Å²) in [5, 5.41) is 10.3. The van der Waals surface area contributed by atoms with E-state index in [0.29, 0.717) is 11.7 Å². The van der Waals surface area contributed by atoms with Crippen molar-refractivity contribution in [2.24, 2.45) is 0 Å². The third-order valence-corrected chi connectivity index (χ3v) is 2.87. The maximum absolute atomic E-state index is 11.4. The van der Waals surface area contributed by atoms with Gasteiger partial charge in [0.25, 0.3) is 0 Å². The number of nitrogens with one attached hydrogen (secondary N) is 2. The number of rotatable bonds is 3. The van der Waals surface area contributed by atoms with Gasteiger partial charge in [-0.1, -0.05) is 0 Å². The summed E-state index contributed by atoms with van der Waals surface area (Å²) in [5.74, 6) is 0. The van der Waals surface area contributed by atoms with Crippen molar-refractivity contribution in [3.8, 4) is 0 Å². The molecule has 1 saturated heterocycles. The Labute approximate surface area is 107 Å². The summed E-state index contributed by atoms with van der Waals surface area (Å²) >= 11 is 0. The zero-order chi connectivity index (χ0) is 13.0. The molecule has 0 saturated carbocycles. The van der Waals surface area contributed by atoms with E-state index in [0.717, 1.165) is 25.9 Å². The number of carbonyl (C=O) groups is 1. The summed E-state index contributed by atoms with van der Waals surface area (Å²) in [6.07, 6.45) is 5.09. The molecule has 2 N–H and O–H groups in total. The second kappa shape index (κ2) is 5.86. The summed E-state index contributed by atoms with van der Waals surface area (Å²) in [7, 11) is 0. The van der Waals surface area contributed by atoms with Crippen LogP contribution in [0.1, 0.15) is 32.7 Å². The van der Waals surface area contributed by atoms with Crippen LogP contribution in [0.3, 0.4) is 0 Å². The van der Waals surface area contributed by atoms with Gasteiger partial charge in [0.1, 0.15) is 0 Å². The van der Waals surface area contributed by atoms with Crippen molar-refractivity contribution in [1.29, 1.82) is 0 Å². The van der Waals surface area contributed by atoms with Crippen LogP contribution in [0.5, 0.6) is 0 Å². The van der Waals surface area contributed by atoms with Crippen LogP contribution in [0.25, 0.3) is 0 Å². The molecule has 1 aromatic rings. The van der Waals surface area contributed by atoms with Gasteiger partial charge in [0, 0.05) is 6.20 Å². The lowest BCUT2D eigenvalue weighted by atomic mass is 10.1. The number of piperidine rings is 1. The first-order valence-corrected chi connectivity index (χ1v) is 6.37. The largest absolute Gasteiger partial charge is 0.447 e. The van der Waals surface area contributed by atoms with Gasteiger partial charge in [0.2, 0.25) is 0 Å². The Bertz CT molecular complexity index is 397. The lowest BCUT2D eigenvalue weighted by molar-refractivity contribution is 0.130. The molecule has 2 heterocycles. The number of amides is 1. The smallest absolute Gasteiger partial charge is 0.411 e. The Hall–Kier alpha value is -1.56. The van der Waals surface area contributed by atoms with E-state index in [9.17, 15) is 4.79 Å². The van der Waals surface area contributed by atoms with Crippen molar-refractivity contribution in [3.63, 3.8) is 0 Å². The van der Waals surface area contributed by atoms with Gasteiger partial charge in [0.15, 0.2) is 0 Å². The third kappa shape index (κ3) is 3.46. The number of aromatic nitrogens is 2. The van der Waals surface area contributed by atoms with Gasteiger partial charge >= 0.3 is 6.09 Å². The molecule has 0 radical (unpaired) electrons. The minimum atomic E-state index is -0.435. The molecule has 0 aromatic carbocycles. The van der Waals surface area contributed by atoms with Crippen molar-refractivity contribution < 1.29 is 9.53 Å². The van der Waals surface area contributed by atoms with Crippen LogP contribution < -0.4 is 10.6 Å². The summed E-state index contributed by atoms with van der Waals surface area (Å²) in [5.41, 5.74) is 0.680. The van der Waals surface area contributed by atoms with Gasteiger partial charge in [0.05, 0.1) is 24.0 Å². The Morgan fingerprint density at radius 1 is 1.56 bits per heavy atom. The monoisotopic (exact) mass is 252 g/mol. The number of hydrogen-bond acceptors (Lipinski definition) is 4. The minimum Gasteiger partial charge on any atom is -0.447 e. The zero-order valence-electron chi connectivity index (χ0n) is 10.8. The molecule has 0 aliphatic carbocycles. The van der Waals surface area contributed by atoms with Gasteiger partial charge < -0.3 is 10.1 Å². The first kappa shape index (κ1) is 12.9. The summed E-state index contributed by atoms with van der Waals surface area (Å²) in [6.45, 7) is 5.67. The molecule has 0 atom stereocenters. The van der Waals surface area contributed by atoms with E-state index in [-0.39, 0.29) is 6.10 Å². The number of ether oxygens (including phenoxy) is 1. The molecule has 6 heteroatoms. The number of nitrogens with zero attached hydrogens (tertiary/aromatic N) is 2. The molecule has 1 aliphatic heterocycles. The highest BCUT2D eigenvalue weighted by molar-refractivity contribution is 5.84. The minimum absolute atomic E-state index is 0.121. The molecule has 1 aliphatic rings. The number of carbonyl (C=O) groups excluding carboxylic acids is 1. The van der Waals surface area contributed by atoms with Gasteiger partial charge in [-0.2, -0.15) is 5.10 Å². The Kier molecular flexibility index (Phi) is 4.19. The van der Waals surface area contributed by atoms with E-state index in [2.05, 4.69) is 15.7 Å². The maximum Gasteiger partial charge on any atom is 0.411 e. The average molecular weight is 252 g/mol. The Balaban J connectivity index is 1.91. The van der Waals surface area contributed by atoms with Gasteiger partial charge in [-0.25, -0.2) is 4.79 Å². The lowest BCUT2D eigenvalue weighted by Crippen LogP contribution is -2.29. The number of anilines is 1. The van der Waals surface area contributed by atoms with Crippen molar-refractivity contribution in [2.75, 3.05) is 18.4 Å². The Morgan fingerprint density at radius 2 is 2.28 bits per heavy atom. The van der Waals surface area contributed by atoms with Gasteiger partial charge in [-0.3, -0.25) is 10.00 Å². The predicted octanol–water partition coefficient (Wildman–Crippen LogP) is 1.76. The quantitative estimate of drug-likeness (QED) is 0.860. The van der Waals surface area contributed by atoms with Crippen LogP contribution in [-0.4, -0.2) is 35.1 Å². The molecule has 2 rings (SSSR count). The molecular formula is C12H20N4O2. The van der Waals surface area contributed by atoms with Crippen molar-refractivity contribution in [1.82, 2.24) is 15.1 Å². The van der Waals surface area contributed by atoms with Crippen LogP contribution in [-0.2, 0) is 4.74 Å². The maximum atomic E-state index is 11.4. The summed E-state index contributed by atoms with van der Waals surface area (Å²) in [6, 6.07) is 0.419. The molecule has 100 valence electrons. The standard InChI is InChI=1S/C12H20N4O2/c1-9(2)18-12(17)15-10-7-14-16(8-10)11-3-5-13-6-4-11/h7-9,11,13H,3-6H2,1-2H3,(H,15,17). The first-order chi connectivity index (χ1) is 8.65. The molecule has 18 heavy (non-hydrogen) atoms. The molecule has 1 amide bonds. The van der Waals surface area contributed by atoms with Crippen molar-refractivity contribution >= 4 is 11.8 Å². The fourth-order valence-electron chi connectivity index (χ4n) is 2.03. The first-order valence-electron chi connectivity index (χ1n) is 6.37. The molecule has 6 nitrogen and oxygen atoms in total. The fourth-order valence-corrected chi connectivity index (χ4v) is 2.03. The van der Waals surface area contributed by atoms with E-state index in [4.69, 9.17) is 4.74 Å². The van der Waals surface area contributed by atoms with E-state index in [1.54, 1.807) is 6.20 Å². The second-order valence-electron chi connectivity index (χ2n) is 4.77. The SMILES string of the molecule is CC(C)OC(=O)Nc1cnn(C2CCNCC2)c1. The summed E-state index contributed by atoms with van der Waals surface area (Å²) < 4.78 is 6.93. The molecule has 0 spiro atoms. The molecule has 0 unspecified atom stereocenters. The lowest BCUT2D eigenvalue weighted by Gasteiger charge is -2.22. The zero-order valence-corrected chi connectivity index (χ0v) is 10.8. The van der Waals surface area contributed by atoms with Crippen LogP contribution in [0.15, 0.2) is 12.4 Å². The fraction of sp³-hybridized carbons (Fsp3) is 0.667. The third-order valence-electron chi connectivity index (χ3n) is 2.87. The highest BCUT2D eigenvalue weighted by atomic mass is 16.6.